The SMILES string of the molecule is Cl.Nc1cccc2c1CCCN2S(=O)(=O)c1ccccc1C(F)(F)F. The number of anilines is 2. The molecule has 2 N–H and O–H groups in total. The van der Waals surface area contributed by atoms with Gasteiger partial charge in [-0.3, -0.25) is 4.31 Å². The summed E-state index contributed by atoms with van der Waals surface area (Å²) < 4.78 is 66.5. The fourth-order valence-electron chi connectivity index (χ4n) is 2.91. The van der Waals surface area contributed by atoms with Gasteiger partial charge in [-0.2, -0.15) is 13.2 Å². The normalized spacial score (nSPS) is 14.6. The van der Waals surface area contributed by atoms with Crippen LogP contribution in [-0.2, 0) is 22.6 Å². The van der Waals surface area contributed by atoms with Gasteiger partial charge in [0.05, 0.1) is 16.1 Å². The average molecular weight is 393 g/mol. The standard InChI is InChI=1S/C16H15F3N2O2S.ClH/c17-16(18,19)12-6-1-2-9-15(12)24(22,23)21-10-4-5-11-13(20)7-3-8-14(11)21;/h1-3,6-9H,4-5,10,20H2;1H. The van der Waals surface area contributed by atoms with Crippen LogP contribution in [0.4, 0.5) is 24.5 Å². The van der Waals surface area contributed by atoms with Crippen molar-refractivity contribution in [2.75, 3.05) is 16.6 Å². The van der Waals surface area contributed by atoms with E-state index in [0.717, 1.165) is 16.4 Å². The van der Waals surface area contributed by atoms with E-state index in [4.69, 9.17) is 5.73 Å². The van der Waals surface area contributed by atoms with E-state index in [1.54, 1.807) is 18.2 Å². The average Bonchev–Trinajstić information content (AvgIpc) is 2.54. The van der Waals surface area contributed by atoms with Gasteiger partial charge in [0.2, 0.25) is 0 Å². The van der Waals surface area contributed by atoms with E-state index in [0.29, 0.717) is 29.8 Å². The summed E-state index contributed by atoms with van der Waals surface area (Å²) in [5, 5.41) is 0. The summed E-state index contributed by atoms with van der Waals surface area (Å²) in [5.41, 5.74) is 6.15. The van der Waals surface area contributed by atoms with Crippen molar-refractivity contribution in [1.29, 1.82) is 0 Å². The third-order valence-electron chi connectivity index (χ3n) is 4.00. The molecule has 0 bridgehead atoms. The van der Waals surface area contributed by atoms with Crippen molar-refractivity contribution in [3.8, 4) is 0 Å². The monoisotopic (exact) mass is 392 g/mol. The van der Waals surface area contributed by atoms with E-state index in [2.05, 4.69) is 0 Å². The van der Waals surface area contributed by atoms with Crippen molar-refractivity contribution in [1.82, 2.24) is 0 Å². The lowest BCUT2D eigenvalue weighted by Crippen LogP contribution is -2.36. The molecule has 4 nitrogen and oxygen atoms in total. The molecule has 0 atom stereocenters. The molecule has 25 heavy (non-hydrogen) atoms. The summed E-state index contributed by atoms with van der Waals surface area (Å²) in [6.07, 6.45) is -3.67. The molecule has 2 aromatic carbocycles. The number of sulfonamides is 1. The summed E-state index contributed by atoms with van der Waals surface area (Å²) in [6, 6.07) is 9.03. The molecular weight excluding hydrogens is 377 g/mol. The molecule has 1 aliphatic rings. The van der Waals surface area contributed by atoms with Gasteiger partial charge in [0.25, 0.3) is 10.0 Å². The Balaban J connectivity index is 0.00000225. The summed E-state index contributed by atoms with van der Waals surface area (Å²) in [6.45, 7) is 0.116. The molecule has 0 saturated carbocycles. The fraction of sp³-hybridized carbons (Fsp3) is 0.250. The number of benzene rings is 2. The second kappa shape index (κ2) is 6.76. The van der Waals surface area contributed by atoms with Crippen LogP contribution in [0.5, 0.6) is 0 Å². The summed E-state index contributed by atoms with van der Waals surface area (Å²) >= 11 is 0. The van der Waals surface area contributed by atoms with Crippen LogP contribution in [0.1, 0.15) is 17.5 Å². The van der Waals surface area contributed by atoms with Crippen LogP contribution >= 0.6 is 12.4 Å². The minimum absolute atomic E-state index is 0. The maximum Gasteiger partial charge on any atom is 0.417 e. The molecule has 0 fully saturated rings. The fourth-order valence-corrected chi connectivity index (χ4v) is 4.66. The number of nitrogen functional groups attached to an aromatic ring is 1. The van der Waals surface area contributed by atoms with Crippen molar-refractivity contribution >= 4 is 33.8 Å². The van der Waals surface area contributed by atoms with E-state index in [9.17, 15) is 21.6 Å². The maximum atomic E-state index is 13.2. The third kappa shape index (κ3) is 3.41. The molecule has 0 saturated heterocycles. The van der Waals surface area contributed by atoms with Crippen molar-refractivity contribution in [2.45, 2.75) is 23.9 Å². The van der Waals surface area contributed by atoms with Gasteiger partial charge in [0, 0.05) is 12.2 Å². The molecule has 136 valence electrons. The van der Waals surface area contributed by atoms with Crippen molar-refractivity contribution in [3.05, 3.63) is 53.6 Å². The maximum absolute atomic E-state index is 13.2. The second-order valence-electron chi connectivity index (χ2n) is 5.52. The van der Waals surface area contributed by atoms with Gasteiger partial charge in [-0.15, -0.1) is 12.4 Å². The summed E-state index contributed by atoms with van der Waals surface area (Å²) in [5.74, 6) is 0. The Labute approximate surface area is 149 Å². The second-order valence-corrected chi connectivity index (χ2v) is 7.35. The van der Waals surface area contributed by atoms with Crippen LogP contribution < -0.4 is 10.0 Å². The van der Waals surface area contributed by atoms with E-state index in [-0.39, 0.29) is 19.0 Å². The Hall–Kier alpha value is -1.93. The molecule has 1 aliphatic heterocycles. The molecule has 0 unspecified atom stereocenters. The number of hydrogen-bond acceptors (Lipinski definition) is 3. The van der Waals surface area contributed by atoms with Gasteiger partial charge in [0.15, 0.2) is 0 Å². The van der Waals surface area contributed by atoms with E-state index in [1.807, 2.05) is 0 Å². The van der Waals surface area contributed by atoms with E-state index >= 15 is 0 Å². The quantitative estimate of drug-likeness (QED) is 0.789. The molecule has 0 spiro atoms. The molecule has 0 radical (unpaired) electrons. The summed E-state index contributed by atoms with van der Waals surface area (Å²) in [7, 11) is -4.35. The van der Waals surface area contributed by atoms with Crippen LogP contribution in [0.25, 0.3) is 0 Å². The predicted molar refractivity (Wildman–Crippen MR) is 92.4 cm³/mol. The highest BCUT2D eigenvalue weighted by atomic mass is 35.5. The molecule has 1 heterocycles. The number of nitrogens with two attached hydrogens (primary N) is 1. The Morgan fingerprint density at radius 3 is 2.40 bits per heavy atom. The smallest absolute Gasteiger partial charge is 0.398 e. The minimum atomic E-state index is -4.75. The van der Waals surface area contributed by atoms with Crippen LogP contribution in [-0.4, -0.2) is 15.0 Å². The number of hydrogen-bond donors (Lipinski definition) is 1. The first-order chi connectivity index (χ1) is 11.2. The van der Waals surface area contributed by atoms with Crippen molar-refractivity contribution in [2.24, 2.45) is 0 Å². The van der Waals surface area contributed by atoms with Crippen molar-refractivity contribution < 1.29 is 21.6 Å². The zero-order chi connectivity index (χ0) is 17.5. The molecule has 0 aromatic heterocycles. The van der Waals surface area contributed by atoms with Crippen molar-refractivity contribution in [3.63, 3.8) is 0 Å². The molecule has 0 aliphatic carbocycles. The lowest BCUT2D eigenvalue weighted by Gasteiger charge is -2.31. The molecule has 2 aromatic rings. The first kappa shape index (κ1) is 19.4. The number of fused-ring (bicyclic) bond motifs is 1. The van der Waals surface area contributed by atoms with Gasteiger partial charge in [0.1, 0.15) is 0 Å². The molecule has 0 amide bonds. The molecular formula is C16H16ClF3N2O2S. The highest BCUT2D eigenvalue weighted by molar-refractivity contribution is 7.92. The van der Waals surface area contributed by atoms with Gasteiger partial charge >= 0.3 is 6.18 Å². The van der Waals surface area contributed by atoms with Crippen LogP contribution in [0.3, 0.4) is 0 Å². The highest BCUT2D eigenvalue weighted by Crippen LogP contribution is 2.39. The zero-order valence-electron chi connectivity index (χ0n) is 13.0. The Kier molecular flexibility index (Phi) is 5.24. The third-order valence-corrected chi connectivity index (χ3v) is 5.88. The lowest BCUT2D eigenvalue weighted by molar-refractivity contribution is -0.139. The Morgan fingerprint density at radius 2 is 1.72 bits per heavy atom. The Morgan fingerprint density at radius 1 is 1.04 bits per heavy atom. The topological polar surface area (TPSA) is 63.4 Å². The highest BCUT2D eigenvalue weighted by Gasteiger charge is 2.39. The Bertz CT molecular complexity index is 885. The van der Waals surface area contributed by atoms with Gasteiger partial charge in [-0.1, -0.05) is 18.2 Å². The van der Waals surface area contributed by atoms with Crippen LogP contribution in [0.2, 0.25) is 0 Å². The first-order valence-corrected chi connectivity index (χ1v) is 8.73. The number of alkyl halides is 3. The zero-order valence-corrected chi connectivity index (χ0v) is 14.6. The minimum Gasteiger partial charge on any atom is -0.398 e. The lowest BCUT2D eigenvalue weighted by atomic mass is 10.0. The van der Waals surface area contributed by atoms with Gasteiger partial charge in [-0.05, 0) is 42.7 Å². The van der Waals surface area contributed by atoms with Gasteiger partial charge in [-0.25, -0.2) is 8.42 Å². The number of nitrogens with zero attached hydrogens (tertiary/aromatic N) is 1. The van der Waals surface area contributed by atoms with E-state index in [1.165, 1.54) is 12.1 Å². The largest absolute Gasteiger partial charge is 0.417 e. The predicted octanol–water partition coefficient (Wildman–Crippen LogP) is 3.85. The number of rotatable bonds is 2. The van der Waals surface area contributed by atoms with E-state index < -0.39 is 26.7 Å². The van der Waals surface area contributed by atoms with Gasteiger partial charge < -0.3 is 5.73 Å². The molecule has 9 heteroatoms. The summed E-state index contributed by atoms with van der Waals surface area (Å²) in [4.78, 5) is -0.743. The molecule has 3 rings (SSSR count). The number of halogens is 4. The van der Waals surface area contributed by atoms with Crippen LogP contribution in [0.15, 0.2) is 47.4 Å². The van der Waals surface area contributed by atoms with Crippen LogP contribution in [0, 0.1) is 0 Å². The first-order valence-electron chi connectivity index (χ1n) is 7.29.